The highest BCUT2D eigenvalue weighted by Crippen LogP contribution is 2.47. The van der Waals surface area contributed by atoms with E-state index in [0.29, 0.717) is 0 Å². The number of aliphatic carboxylic acids is 1. The number of hydrogen-bond acceptors (Lipinski definition) is 3. The Hall–Kier alpha value is -0.680. The molecule has 106 valence electrons. The molecule has 0 aliphatic carbocycles. The van der Waals surface area contributed by atoms with Crippen molar-refractivity contribution in [3.8, 4) is 0 Å². The zero-order valence-electron chi connectivity index (χ0n) is 11.0. The van der Waals surface area contributed by atoms with Gasteiger partial charge in [-0.25, -0.2) is 0 Å². The molecule has 2 rings (SSSR count). The molecule has 0 aromatic heterocycles. The average Bonchev–Trinajstić information content (AvgIpc) is 2.64. The van der Waals surface area contributed by atoms with Crippen LogP contribution in [0.3, 0.4) is 0 Å². The van der Waals surface area contributed by atoms with Crippen molar-refractivity contribution < 1.29 is 9.90 Å². The van der Waals surface area contributed by atoms with Crippen molar-refractivity contribution in [1.82, 2.24) is 0 Å². The van der Waals surface area contributed by atoms with Crippen LogP contribution in [0.15, 0.2) is 29.2 Å². The van der Waals surface area contributed by atoms with Crippen LogP contribution in [0.25, 0.3) is 0 Å². The SMILES string of the molecule is Br.CC1(CCCCCC(=O)O)Nc2ccccc2S1. The number of rotatable bonds is 6. The highest BCUT2D eigenvalue weighted by Gasteiger charge is 2.31. The number of thioether (sulfide) groups is 1. The van der Waals surface area contributed by atoms with Gasteiger partial charge in [-0.3, -0.25) is 4.79 Å². The Kier molecular flexibility index (Phi) is 6.20. The molecule has 2 N–H and O–H groups in total. The number of benzene rings is 1. The minimum absolute atomic E-state index is 0. The molecule has 0 spiro atoms. The number of anilines is 1. The second-order valence-electron chi connectivity index (χ2n) is 4.91. The van der Waals surface area contributed by atoms with Crippen molar-refractivity contribution in [3.05, 3.63) is 24.3 Å². The standard InChI is InChI=1S/C14H19NO2S.BrH/c1-14(10-6-2-3-9-13(16)17)15-11-7-4-5-8-12(11)18-14;/h4-5,7-8,15H,2-3,6,9-10H2,1H3,(H,16,17);1H. The number of para-hydroxylation sites is 1. The van der Waals surface area contributed by atoms with E-state index in [0.717, 1.165) is 25.7 Å². The third kappa shape index (κ3) is 4.73. The highest BCUT2D eigenvalue weighted by molar-refractivity contribution is 8.93. The molecule has 0 amide bonds. The average molecular weight is 346 g/mol. The first-order valence-electron chi connectivity index (χ1n) is 6.37. The minimum Gasteiger partial charge on any atom is -0.481 e. The second kappa shape index (κ2) is 7.20. The largest absolute Gasteiger partial charge is 0.481 e. The highest BCUT2D eigenvalue weighted by atomic mass is 79.9. The minimum atomic E-state index is -0.693. The van der Waals surface area contributed by atoms with Gasteiger partial charge in [-0.2, -0.15) is 0 Å². The summed E-state index contributed by atoms with van der Waals surface area (Å²) in [4.78, 5) is 11.8. The van der Waals surface area contributed by atoms with Gasteiger partial charge in [0.05, 0.1) is 4.87 Å². The molecule has 5 heteroatoms. The Morgan fingerprint density at radius 1 is 1.32 bits per heavy atom. The van der Waals surface area contributed by atoms with Gasteiger partial charge in [-0.1, -0.05) is 36.7 Å². The van der Waals surface area contributed by atoms with Gasteiger partial charge in [0, 0.05) is 17.0 Å². The topological polar surface area (TPSA) is 49.3 Å². The number of carbonyl (C=O) groups is 1. The van der Waals surface area contributed by atoms with Crippen LogP contribution in [-0.2, 0) is 4.79 Å². The molecule has 3 nitrogen and oxygen atoms in total. The molecular formula is C14H20BrNO2S. The number of halogens is 1. The van der Waals surface area contributed by atoms with Gasteiger partial charge in [0.1, 0.15) is 0 Å². The van der Waals surface area contributed by atoms with Gasteiger partial charge in [-0.05, 0) is 31.9 Å². The first kappa shape index (κ1) is 16.4. The smallest absolute Gasteiger partial charge is 0.303 e. The van der Waals surface area contributed by atoms with Gasteiger partial charge >= 0.3 is 5.97 Å². The van der Waals surface area contributed by atoms with Gasteiger partial charge in [0.2, 0.25) is 0 Å². The molecule has 1 heterocycles. The summed E-state index contributed by atoms with van der Waals surface area (Å²) < 4.78 is 0. The molecule has 0 bridgehead atoms. The molecule has 19 heavy (non-hydrogen) atoms. The summed E-state index contributed by atoms with van der Waals surface area (Å²) in [7, 11) is 0. The summed E-state index contributed by atoms with van der Waals surface area (Å²) in [5, 5.41) is 12.1. The number of unbranched alkanes of at least 4 members (excludes halogenated alkanes) is 2. The van der Waals surface area contributed by atoms with E-state index < -0.39 is 5.97 Å². The molecule has 1 unspecified atom stereocenters. The molecule has 1 aliphatic heterocycles. The molecule has 1 aromatic carbocycles. The van der Waals surface area contributed by atoms with E-state index >= 15 is 0 Å². The molecule has 0 saturated carbocycles. The van der Waals surface area contributed by atoms with Crippen molar-refractivity contribution >= 4 is 40.4 Å². The van der Waals surface area contributed by atoms with Crippen LogP contribution in [0.1, 0.15) is 39.0 Å². The van der Waals surface area contributed by atoms with Crippen molar-refractivity contribution in [1.29, 1.82) is 0 Å². The molecule has 0 radical (unpaired) electrons. The van der Waals surface area contributed by atoms with Crippen LogP contribution < -0.4 is 5.32 Å². The van der Waals surface area contributed by atoms with E-state index in [1.165, 1.54) is 10.6 Å². The lowest BCUT2D eigenvalue weighted by atomic mass is 10.1. The lowest BCUT2D eigenvalue weighted by Gasteiger charge is -2.24. The van der Waals surface area contributed by atoms with E-state index in [1.807, 2.05) is 17.8 Å². The zero-order chi connectivity index (χ0) is 13.0. The molecule has 0 saturated heterocycles. The van der Waals surface area contributed by atoms with Crippen molar-refractivity contribution in [3.63, 3.8) is 0 Å². The summed E-state index contributed by atoms with van der Waals surface area (Å²) in [5.41, 5.74) is 1.22. The fourth-order valence-electron chi connectivity index (χ4n) is 2.24. The van der Waals surface area contributed by atoms with E-state index in [9.17, 15) is 4.79 Å². The lowest BCUT2D eigenvalue weighted by Crippen LogP contribution is -2.26. The maximum absolute atomic E-state index is 10.4. The molecule has 1 aliphatic rings. The summed E-state index contributed by atoms with van der Waals surface area (Å²) >= 11 is 1.88. The van der Waals surface area contributed by atoms with Gasteiger partial charge in [0.25, 0.3) is 0 Å². The van der Waals surface area contributed by atoms with Gasteiger partial charge < -0.3 is 10.4 Å². The van der Waals surface area contributed by atoms with Crippen LogP contribution in [0.5, 0.6) is 0 Å². The van der Waals surface area contributed by atoms with E-state index in [4.69, 9.17) is 5.11 Å². The van der Waals surface area contributed by atoms with Crippen molar-refractivity contribution in [2.24, 2.45) is 0 Å². The third-order valence-electron chi connectivity index (χ3n) is 3.17. The van der Waals surface area contributed by atoms with Crippen LogP contribution in [0.2, 0.25) is 0 Å². The first-order valence-corrected chi connectivity index (χ1v) is 7.19. The fraction of sp³-hybridized carbons (Fsp3) is 0.500. The number of nitrogens with one attached hydrogen (secondary N) is 1. The number of carboxylic acid groups (broad SMARTS) is 1. The van der Waals surface area contributed by atoms with Crippen LogP contribution in [0, 0.1) is 0 Å². The van der Waals surface area contributed by atoms with Crippen molar-refractivity contribution in [2.75, 3.05) is 5.32 Å². The lowest BCUT2D eigenvalue weighted by molar-refractivity contribution is -0.137. The first-order chi connectivity index (χ1) is 8.59. The van der Waals surface area contributed by atoms with E-state index in [-0.39, 0.29) is 28.3 Å². The van der Waals surface area contributed by atoms with E-state index in [1.54, 1.807) is 0 Å². The quantitative estimate of drug-likeness (QED) is 0.743. The molecule has 1 aromatic rings. The molecule has 0 fully saturated rings. The second-order valence-corrected chi connectivity index (χ2v) is 6.45. The molecular weight excluding hydrogens is 326 g/mol. The Morgan fingerprint density at radius 2 is 2.05 bits per heavy atom. The Labute approximate surface area is 128 Å². The van der Waals surface area contributed by atoms with Crippen LogP contribution in [-0.4, -0.2) is 15.9 Å². The maximum atomic E-state index is 10.4. The zero-order valence-corrected chi connectivity index (χ0v) is 13.5. The Balaban J connectivity index is 0.00000180. The van der Waals surface area contributed by atoms with Gasteiger partial charge in [0.15, 0.2) is 0 Å². The summed E-state index contributed by atoms with van der Waals surface area (Å²) in [5.74, 6) is -0.693. The third-order valence-corrected chi connectivity index (χ3v) is 4.50. The Morgan fingerprint density at radius 3 is 2.74 bits per heavy atom. The van der Waals surface area contributed by atoms with Crippen LogP contribution >= 0.6 is 28.7 Å². The predicted octanol–water partition coefficient (Wildman–Crippen LogP) is 4.53. The summed E-state index contributed by atoms with van der Waals surface area (Å²) in [6, 6.07) is 8.36. The molecule has 1 atom stereocenters. The Bertz CT molecular complexity index is 414. The van der Waals surface area contributed by atoms with E-state index in [2.05, 4.69) is 30.4 Å². The maximum Gasteiger partial charge on any atom is 0.303 e. The number of carboxylic acids is 1. The number of hydrogen-bond donors (Lipinski definition) is 2. The normalized spacial score (nSPS) is 20.3. The summed E-state index contributed by atoms with van der Waals surface area (Å²) in [6.07, 6.45) is 4.19. The van der Waals surface area contributed by atoms with Crippen molar-refractivity contribution in [2.45, 2.75) is 48.8 Å². The van der Waals surface area contributed by atoms with Gasteiger partial charge in [-0.15, -0.1) is 17.0 Å². The summed E-state index contributed by atoms with van der Waals surface area (Å²) in [6.45, 7) is 2.22. The monoisotopic (exact) mass is 345 g/mol. The van der Waals surface area contributed by atoms with Crippen LogP contribution in [0.4, 0.5) is 5.69 Å². The fourth-order valence-corrected chi connectivity index (χ4v) is 3.51. The predicted molar refractivity (Wildman–Crippen MR) is 85.4 cm³/mol. The number of fused-ring (bicyclic) bond motifs is 1.